The number of halogens is 2. The number of rotatable bonds is 4. The summed E-state index contributed by atoms with van der Waals surface area (Å²) in [5.74, 6) is 6.03. The van der Waals surface area contributed by atoms with Crippen molar-refractivity contribution in [3.05, 3.63) is 34.1 Å². The molecule has 2 nitrogen and oxygen atoms in total. The minimum absolute atomic E-state index is 0.155. The van der Waals surface area contributed by atoms with Gasteiger partial charge in [-0.15, -0.1) is 0 Å². The maximum Gasteiger partial charge on any atom is 0.127 e. The molecule has 94 valence electrons. The number of hydrazine groups is 1. The zero-order chi connectivity index (χ0) is 12.3. The monoisotopic (exact) mass is 300 g/mol. The lowest BCUT2D eigenvalue weighted by Gasteiger charge is -2.22. The van der Waals surface area contributed by atoms with Gasteiger partial charge in [0.2, 0.25) is 0 Å². The molecule has 0 amide bonds. The highest BCUT2D eigenvalue weighted by molar-refractivity contribution is 9.10. The summed E-state index contributed by atoms with van der Waals surface area (Å²) in [5.41, 5.74) is 3.59. The van der Waals surface area contributed by atoms with Gasteiger partial charge in [0.15, 0.2) is 0 Å². The van der Waals surface area contributed by atoms with E-state index in [2.05, 4.69) is 21.4 Å². The lowest BCUT2D eigenvalue weighted by Crippen LogP contribution is -2.41. The Hall–Kier alpha value is -0.450. The first kappa shape index (κ1) is 13.0. The van der Waals surface area contributed by atoms with Crippen LogP contribution in [0.15, 0.2) is 22.7 Å². The highest BCUT2D eigenvalue weighted by atomic mass is 79.9. The molecular formula is C13H18BrFN2. The zero-order valence-corrected chi connectivity index (χ0v) is 11.3. The van der Waals surface area contributed by atoms with Crippen LogP contribution < -0.4 is 11.3 Å². The molecule has 1 unspecified atom stereocenters. The molecule has 0 radical (unpaired) electrons. The average molecular weight is 301 g/mol. The number of nitrogens with two attached hydrogens (primary N) is 1. The Morgan fingerprint density at radius 2 is 2.12 bits per heavy atom. The fraction of sp³-hybridized carbons (Fsp3) is 0.538. The van der Waals surface area contributed by atoms with Gasteiger partial charge in [0, 0.05) is 10.5 Å². The van der Waals surface area contributed by atoms with E-state index in [1.807, 2.05) is 12.1 Å². The van der Waals surface area contributed by atoms with Crippen LogP contribution in [0.5, 0.6) is 0 Å². The van der Waals surface area contributed by atoms with Crippen molar-refractivity contribution in [2.75, 3.05) is 0 Å². The van der Waals surface area contributed by atoms with Gasteiger partial charge >= 0.3 is 0 Å². The second kappa shape index (κ2) is 5.94. The second-order valence-corrected chi connectivity index (χ2v) is 5.67. The van der Waals surface area contributed by atoms with E-state index in [0.717, 1.165) is 10.0 Å². The second-order valence-electron chi connectivity index (χ2n) is 4.76. The predicted octanol–water partition coefficient (Wildman–Crippen LogP) is 3.15. The molecule has 0 heterocycles. The first-order valence-electron chi connectivity index (χ1n) is 6.10. The smallest absolute Gasteiger partial charge is 0.127 e. The van der Waals surface area contributed by atoms with Crippen LogP contribution in [-0.2, 0) is 6.42 Å². The Bertz CT molecular complexity index is 378. The minimum Gasteiger partial charge on any atom is -0.271 e. The topological polar surface area (TPSA) is 38.0 Å². The summed E-state index contributed by atoms with van der Waals surface area (Å²) < 4.78 is 14.5. The van der Waals surface area contributed by atoms with Crippen molar-refractivity contribution in [2.24, 2.45) is 11.8 Å². The molecule has 17 heavy (non-hydrogen) atoms. The molecule has 1 saturated carbocycles. The Morgan fingerprint density at radius 3 is 2.71 bits per heavy atom. The Kier molecular flexibility index (Phi) is 4.54. The average Bonchev–Trinajstić information content (AvgIpc) is 2.81. The summed E-state index contributed by atoms with van der Waals surface area (Å²) in [4.78, 5) is 0. The minimum atomic E-state index is -0.155. The van der Waals surface area contributed by atoms with E-state index in [-0.39, 0.29) is 11.9 Å². The molecule has 4 heteroatoms. The molecule has 2 rings (SSSR count). The van der Waals surface area contributed by atoms with Crippen LogP contribution in [-0.4, -0.2) is 6.04 Å². The normalized spacial score (nSPS) is 18.5. The van der Waals surface area contributed by atoms with E-state index in [1.165, 1.54) is 31.7 Å². The summed E-state index contributed by atoms with van der Waals surface area (Å²) in [6, 6.07) is 5.41. The van der Waals surface area contributed by atoms with Crippen molar-refractivity contribution in [3.8, 4) is 0 Å². The lowest BCUT2D eigenvalue weighted by molar-refractivity contribution is 0.358. The van der Waals surface area contributed by atoms with Crippen molar-refractivity contribution in [2.45, 2.75) is 38.1 Å². The van der Waals surface area contributed by atoms with Crippen molar-refractivity contribution in [1.82, 2.24) is 5.43 Å². The lowest BCUT2D eigenvalue weighted by atomic mass is 9.92. The van der Waals surface area contributed by atoms with Gasteiger partial charge in [-0.1, -0.05) is 34.8 Å². The van der Waals surface area contributed by atoms with Gasteiger partial charge in [-0.3, -0.25) is 11.3 Å². The number of hydrogen-bond acceptors (Lipinski definition) is 2. The Labute approximate surface area is 110 Å². The van der Waals surface area contributed by atoms with E-state index >= 15 is 0 Å². The third kappa shape index (κ3) is 3.27. The summed E-state index contributed by atoms with van der Waals surface area (Å²) in [6.07, 6.45) is 5.61. The molecular weight excluding hydrogens is 283 g/mol. The highest BCUT2D eigenvalue weighted by Crippen LogP contribution is 2.29. The SMILES string of the molecule is NNC(Cc1ccc(Br)cc1F)C1CCCC1. The third-order valence-corrected chi connectivity index (χ3v) is 4.13. The molecule has 3 N–H and O–H groups in total. The molecule has 0 saturated heterocycles. The maximum absolute atomic E-state index is 13.7. The van der Waals surface area contributed by atoms with Gasteiger partial charge < -0.3 is 0 Å². The molecule has 0 bridgehead atoms. The molecule has 1 aliphatic carbocycles. The molecule has 1 aliphatic rings. The highest BCUT2D eigenvalue weighted by Gasteiger charge is 2.24. The third-order valence-electron chi connectivity index (χ3n) is 3.64. The number of hydrogen-bond donors (Lipinski definition) is 2. The van der Waals surface area contributed by atoms with Gasteiger partial charge in [0.05, 0.1) is 0 Å². The van der Waals surface area contributed by atoms with Gasteiger partial charge in [0.25, 0.3) is 0 Å². The van der Waals surface area contributed by atoms with Crippen LogP contribution in [0.25, 0.3) is 0 Å². The molecule has 1 fully saturated rings. The standard InChI is InChI=1S/C13H18BrFN2/c14-11-6-5-10(12(15)8-11)7-13(17-16)9-3-1-2-4-9/h5-6,8-9,13,17H,1-4,7,16H2. The predicted molar refractivity (Wildman–Crippen MR) is 70.9 cm³/mol. The van der Waals surface area contributed by atoms with E-state index in [4.69, 9.17) is 5.84 Å². The Morgan fingerprint density at radius 1 is 1.41 bits per heavy atom. The summed E-state index contributed by atoms with van der Waals surface area (Å²) in [5, 5.41) is 0. The van der Waals surface area contributed by atoms with Crippen molar-refractivity contribution >= 4 is 15.9 Å². The van der Waals surface area contributed by atoms with Gasteiger partial charge in [0.1, 0.15) is 5.82 Å². The van der Waals surface area contributed by atoms with E-state index in [0.29, 0.717) is 12.3 Å². The van der Waals surface area contributed by atoms with E-state index in [9.17, 15) is 4.39 Å². The van der Waals surface area contributed by atoms with Crippen molar-refractivity contribution < 1.29 is 4.39 Å². The fourth-order valence-corrected chi connectivity index (χ4v) is 2.98. The number of nitrogens with one attached hydrogen (secondary N) is 1. The van der Waals surface area contributed by atoms with Gasteiger partial charge in [-0.25, -0.2) is 4.39 Å². The van der Waals surface area contributed by atoms with Gasteiger partial charge in [-0.05, 0) is 42.9 Å². The fourth-order valence-electron chi connectivity index (χ4n) is 2.65. The van der Waals surface area contributed by atoms with Crippen LogP contribution in [0, 0.1) is 11.7 Å². The Balaban J connectivity index is 2.06. The molecule has 1 aromatic carbocycles. The molecule has 1 aromatic rings. The van der Waals surface area contributed by atoms with Crippen LogP contribution >= 0.6 is 15.9 Å². The van der Waals surface area contributed by atoms with E-state index in [1.54, 1.807) is 0 Å². The van der Waals surface area contributed by atoms with Crippen molar-refractivity contribution in [1.29, 1.82) is 0 Å². The summed E-state index contributed by atoms with van der Waals surface area (Å²) in [6.45, 7) is 0. The molecule has 0 aromatic heterocycles. The quantitative estimate of drug-likeness (QED) is 0.662. The number of benzene rings is 1. The van der Waals surface area contributed by atoms with E-state index < -0.39 is 0 Å². The molecule has 1 atom stereocenters. The van der Waals surface area contributed by atoms with Crippen LogP contribution in [0.1, 0.15) is 31.2 Å². The first-order valence-corrected chi connectivity index (χ1v) is 6.90. The van der Waals surface area contributed by atoms with Crippen LogP contribution in [0.2, 0.25) is 0 Å². The van der Waals surface area contributed by atoms with Crippen molar-refractivity contribution in [3.63, 3.8) is 0 Å². The maximum atomic E-state index is 13.7. The first-order chi connectivity index (χ1) is 8.20. The van der Waals surface area contributed by atoms with Crippen LogP contribution in [0.3, 0.4) is 0 Å². The van der Waals surface area contributed by atoms with Gasteiger partial charge in [-0.2, -0.15) is 0 Å². The summed E-state index contributed by atoms with van der Waals surface area (Å²) >= 11 is 3.27. The molecule has 0 aliphatic heterocycles. The van der Waals surface area contributed by atoms with Crippen LogP contribution in [0.4, 0.5) is 4.39 Å². The molecule has 0 spiro atoms. The zero-order valence-electron chi connectivity index (χ0n) is 9.76. The largest absolute Gasteiger partial charge is 0.271 e. The summed E-state index contributed by atoms with van der Waals surface area (Å²) in [7, 11) is 0.